The van der Waals surface area contributed by atoms with Crippen LogP contribution in [0.5, 0.6) is 17.2 Å². The Labute approximate surface area is 185 Å². The van der Waals surface area contributed by atoms with Crippen LogP contribution in [0.2, 0.25) is 0 Å². The van der Waals surface area contributed by atoms with Crippen LogP contribution in [0.1, 0.15) is 37.8 Å². The first kappa shape index (κ1) is 23.4. The normalized spacial score (nSPS) is 12.9. The van der Waals surface area contributed by atoms with Crippen molar-refractivity contribution in [1.29, 1.82) is 0 Å². The zero-order valence-electron chi connectivity index (χ0n) is 18.0. The molecule has 0 aromatic heterocycles. The maximum absolute atomic E-state index is 14.2. The zero-order valence-corrected chi connectivity index (χ0v) is 18.0. The van der Waals surface area contributed by atoms with Crippen LogP contribution in [0.3, 0.4) is 0 Å². The van der Waals surface area contributed by atoms with Crippen LogP contribution in [0, 0.1) is 5.82 Å². The van der Waals surface area contributed by atoms with Gasteiger partial charge in [-0.25, -0.2) is 4.39 Å². The van der Waals surface area contributed by atoms with Gasteiger partial charge in [-0.15, -0.1) is 0 Å². The maximum Gasteiger partial charge on any atom is 0.387 e. The highest BCUT2D eigenvalue weighted by Crippen LogP contribution is 2.33. The lowest BCUT2D eigenvalue weighted by Gasteiger charge is -2.27. The van der Waals surface area contributed by atoms with E-state index in [0.29, 0.717) is 25.0 Å². The largest absolute Gasteiger partial charge is 0.454 e. The van der Waals surface area contributed by atoms with Gasteiger partial charge in [0.05, 0.1) is 5.41 Å². The smallest absolute Gasteiger partial charge is 0.387 e. The summed E-state index contributed by atoms with van der Waals surface area (Å²) in [5.41, 5.74) is 0.856. The van der Waals surface area contributed by atoms with Crippen LogP contribution >= 0.6 is 0 Å². The molecule has 0 saturated heterocycles. The van der Waals surface area contributed by atoms with E-state index in [1.807, 2.05) is 25.1 Å². The van der Waals surface area contributed by atoms with Gasteiger partial charge in [0.2, 0.25) is 0 Å². The van der Waals surface area contributed by atoms with Crippen LogP contribution in [0.4, 0.5) is 13.2 Å². The highest BCUT2D eigenvalue weighted by Gasteiger charge is 2.31. The molecule has 0 radical (unpaired) electrons. The number of alkyl halides is 2. The number of para-hydroxylation sites is 1. The fourth-order valence-electron chi connectivity index (χ4n) is 3.57. The summed E-state index contributed by atoms with van der Waals surface area (Å²) in [4.78, 5) is 12.5. The summed E-state index contributed by atoms with van der Waals surface area (Å²) in [6, 6.07) is 19.9. The number of halogens is 3. The summed E-state index contributed by atoms with van der Waals surface area (Å²) in [5, 5.41) is 0. The molecule has 3 nitrogen and oxygen atoms in total. The summed E-state index contributed by atoms with van der Waals surface area (Å²) in [7, 11) is 0. The molecule has 0 N–H and O–H groups in total. The molecule has 1 atom stereocenters. The average Bonchev–Trinajstić information content (AvgIpc) is 2.76. The average molecular weight is 442 g/mol. The Kier molecular flexibility index (Phi) is 7.57. The molecule has 32 heavy (non-hydrogen) atoms. The van der Waals surface area contributed by atoms with Gasteiger partial charge in [-0.1, -0.05) is 36.4 Å². The second-order valence-electron chi connectivity index (χ2n) is 7.82. The van der Waals surface area contributed by atoms with Crippen molar-refractivity contribution < 1.29 is 27.4 Å². The van der Waals surface area contributed by atoms with E-state index in [2.05, 4.69) is 4.74 Å². The Hall–Kier alpha value is -3.28. The van der Waals surface area contributed by atoms with Crippen LogP contribution in [0.25, 0.3) is 0 Å². The van der Waals surface area contributed by atoms with Crippen LogP contribution in [0.15, 0.2) is 72.8 Å². The summed E-state index contributed by atoms with van der Waals surface area (Å²) in [6.07, 6.45) is 1.84. The lowest BCUT2D eigenvalue weighted by Crippen LogP contribution is -2.30. The molecule has 0 aliphatic rings. The molecule has 3 aromatic rings. The van der Waals surface area contributed by atoms with Crippen molar-refractivity contribution >= 4 is 5.78 Å². The van der Waals surface area contributed by atoms with Crippen molar-refractivity contribution in [3.63, 3.8) is 0 Å². The first-order valence-electron chi connectivity index (χ1n) is 10.4. The van der Waals surface area contributed by atoms with Gasteiger partial charge in [0.1, 0.15) is 17.3 Å². The number of ketones is 1. The van der Waals surface area contributed by atoms with E-state index >= 15 is 0 Å². The molecule has 0 aliphatic heterocycles. The van der Waals surface area contributed by atoms with E-state index in [4.69, 9.17) is 4.74 Å². The van der Waals surface area contributed by atoms with E-state index in [-0.39, 0.29) is 17.3 Å². The first-order valence-corrected chi connectivity index (χ1v) is 10.4. The molecule has 0 saturated carbocycles. The van der Waals surface area contributed by atoms with Crippen LogP contribution < -0.4 is 9.47 Å². The van der Waals surface area contributed by atoms with E-state index in [0.717, 1.165) is 11.1 Å². The number of Topliss-reactive ketones (excluding diaryl/α,β-unsaturated/α-hetero) is 1. The second-order valence-corrected chi connectivity index (χ2v) is 7.82. The van der Waals surface area contributed by atoms with Crippen LogP contribution in [-0.2, 0) is 16.6 Å². The van der Waals surface area contributed by atoms with Crippen LogP contribution in [-0.4, -0.2) is 12.4 Å². The van der Waals surface area contributed by atoms with Gasteiger partial charge in [0.15, 0.2) is 11.6 Å². The van der Waals surface area contributed by atoms with E-state index in [1.165, 1.54) is 25.1 Å². The first-order chi connectivity index (χ1) is 15.3. The molecule has 0 bridgehead atoms. The van der Waals surface area contributed by atoms with Gasteiger partial charge in [0, 0.05) is 0 Å². The predicted molar refractivity (Wildman–Crippen MR) is 117 cm³/mol. The van der Waals surface area contributed by atoms with E-state index in [1.54, 1.807) is 36.4 Å². The molecule has 0 amide bonds. The van der Waals surface area contributed by atoms with Crippen molar-refractivity contribution in [2.45, 2.75) is 45.1 Å². The molecular weight excluding hydrogens is 417 g/mol. The van der Waals surface area contributed by atoms with E-state index in [9.17, 15) is 18.0 Å². The third-order valence-corrected chi connectivity index (χ3v) is 5.60. The molecular formula is C26H25F3O3. The third kappa shape index (κ3) is 5.90. The number of benzene rings is 3. The lowest BCUT2D eigenvalue weighted by atomic mass is 9.75. The Morgan fingerprint density at radius 1 is 0.969 bits per heavy atom. The standard InChI is InChI=1S/C26H25F3O3/c1-18(30)26(2,20-11-13-22(14-12-20)32-25(28)29)16-6-7-19-10-15-23(27)24(17-19)31-21-8-4-3-5-9-21/h3-5,8-15,17,25H,6-7,16H2,1-2H3. The molecule has 3 rings (SSSR count). The Morgan fingerprint density at radius 3 is 2.28 bits per heavy atom. The number of carbonyl (C=O) groups is 1. The molecule has 3 aromatic carbocycles. The molecule has 0 aliphatic carbocycles. The fourth-order valence-corrected chi connectivity index (χ4v) is 3.57. The summed E-state index contributed by atoms with van der Waals surface area (Å²) in [6.45, 7) is 0.465. The minimum Gasteiger partial charge on any atom is -0.454 e. The zero-order chi connectivity index (χ0) is 23.1. The fraction of sp³-hybridized carbons (Fsp3) is 0.269. The molecule has 0 fully saturated rings. The van der Waals surface area contributed by atoms with Gasteiger partial charge in [-0.3, -0.25) is 4.79 Å². The van der Waals surface area contributed by atoms with E-state index < -0.39 is 17.8 Å². The van der Waals surface area contributed by atoms with Gasteiger partial charge in [-0.05, 0) is 80.6 Å². The SMILES string of the molecule is CC(=O)C(C)(CCCc1ccc(F)c(Oc2ccccc2)c1)c1ccc(OC(F)F)cc1. The monoisotopic (exact) mass is 442 g/mol. The Bertz CT molecular complexity index is 1040. The molecule has 1 unspecified atom stereocenters. The number of aryl methyl sites for hydroxylation is 1. The topological polar surface area (TPSA) is 35.5 Å². The third-order valence-electron chi connectivity index (χ3n) is 5.60. The highest BCUT2D eigenvalue weighted by molar-refractivity contribution is 5.87. The van der Waals surface area contributed by atoms with Gasteiger partial charge in [0.25, 0.3) is 0 Å². The highest BCUT2D eigenvalue weighted by atomic mass is 19.3. The summed E-state index contributed by atoms with van der Waals surface area (Å²) in [5.74, 6) is 0.279. The quantitative estimate of drug-likeness (QED) is 0.336. The Balaban J connectivity index is 1.68. The minimum absolute atomic E-state index is 0.0211. The van der Waals surface area contributed by atoms with Gasteiger partial charge in [-0.2, -0.15) is 8.78 Å². The van der Waals surface area contributed by atoms with Crippen molar-refractivity contribution in [2.24, 2.45) is 0 Å². The minimum atomic E-state index is -2.90. The molecule has 6 heteroatoms. The lowest BCUT2D eigenvalue weighted by molar-refractivity contribution is -0.122. The second kappa shape index (κ2) is 10.4. The number of ether oxygens (including phenoxy) is 2. The molecule has 0 heterocycles. The summed E-state index contributed by atoms with van der Waals surface area (Å²) < 4.78 is 49.0. The number of rotatable bonds is 10. The molecule has 0 spiro atoms. The number of hydrogen-bond donors (Lipinski definition) is 0. The maximum atomic E-state index is 14.2. The Morgan fingerprint density at radius 2 is 1.66 bits per heavy atom. The molecule has 168 valence electrons. The number of hydrogen-bond acceptors (Lipinski definition) is 3. The van der Waals surface area contributed by atoms with Crippen molar-refractivity contribution in [3.8, 4) is 17.2 Å². The van der Waals surface area contributed by atoms with Crippen molar-refractivity contribution in [1.82, 2.24) is 0 Å². The van der Waals surface area contributed by atoms with Gasteiger partial charge >= 0.3 is 6.61 Å². The van der Waals surface area contributed by atoms with Gasteiger partial charge < -0.3 is 9.47 Å². The van der Waals surface area contributed by atoms with Crippen molar-refractivity contribution in [2.75, 3.05) is 0 Å². The predicted octanol–water partition coefficient (Wildman–Crippen LogP) is 7.09. The van der Waals surface area contributed by atoms with Crippen molar-refractivity contribution in [3.05, 3.63) is 89.7 Å². The summed E-state index contributed by atoms with van der Waals surface area (Å²) >= 11 is 0. The number of carbonyl (C=O) groups excluding carboxylic acids is 1.